The summed E-state index contributed by atoms with van der Waals surface area (Å²) in [5.41, 5.74) is -1.10. The van der Waals surface area contributed by atoms with E-state index in [-0.39, 0.29) is 5.69 Å². The SMILES string of the molecule is CCn1cc(NS(=O)(=O)c2ccccc2C(F)(F)F)cn1. The summed E-state index contributed by atoms with van der Waals surface area (Å²) in [5, 5.41) is 3.85. The van der Waals surface area contributed by atoms with E-state index in [0.717, 1.165) is 18.2 Å². The van der Waals surface area contributed by atoms with Gasteiger partial charge < -0.3 is 0 Å². The second kappa shape index (κ2) is 5.40. The maximum absolute atomic E-state index is 12.9. The van der Waals surface area contributed by atoms with Crippen LogP contribution < -0.4 is 4.72 Å². The highest BCUT2D eigenvalue weighted by molar-refractivity contribution is 7.92. The fourth-order valence-corrected chi connectivity index (χ4v) is 2.99. The van der Waals surface area contributed by atoms with Gasteiger partial charge in [0.2, 0.25) is 0 Å². The molecule has 2 rings (SSSR count). The minimum Gasteiger partial charge on any atom is -0.276 e. The summed E-state index contributed by atoms with van der Waals surface area (Å²) in [6, 6.07) is 4.01. The molecule has 0 fully saturated rings. The minimum absolute atomic E-state index is 0.105. The van der Waals surface area contributed by atoms with Gasteiger partial charge in [-0.3, -0.25) is 9.40 Å². The van der Waals surface area contributed by atoms with Crippen molar-refractivity contribution in [2.75, 3.05) is 4.72 Å². The van der Waals surface area contributed by atoms with Crippen LogP contribution in [-0.4, -0.2) is 18.2 Å². The van der Waals surface area contributed by atoms with Gasteiger partial charge in [-0.05, 0) is 19.1 Å². The van der Waals surface area contributed by atoms with Crippen LogP contribution in [0.1, 0.15) is 12.5 Å². The van der Waals surface area contributed by atoms with Gasteiger partial charge in [0.05, 0.1) is 22.3 Å². The smallest absolute Gasteiger partial charge is 0.276 e. The molecule has 0 amide bonds. The highest BCUT2D eigenvalue weighted by Gasteiger charge is 2.36. The summed E-state index contributed by atoms with van der Waals surface area (Å²) in [5.74, 6) is 0. The molecule has 0 spiro atoms. The van der Waals surface area contributed by atoms with Crippen molar-refractivity contribution >= 4 is 15.7 Å². The lowest BCUT2D eigenvalue weighted by molar-refractivity contribution is -0.139. The zero-order chi connectivity index (χ0) is 15.7. The normalized spacial score (nSPS) is 12.4. The van der Waals surface area contributed by atoms with Crippen LogP contribution in [0.2, 0.25) is 0 Å². The summed E-state index contributed by atoms with van der Waals surface area (Å²) in [4.78, 5) is -0.818. The second-order valence-corrected chi connectivity index (χ2v) is 5.83. The molecule has 0 atom stereocenters. The van der Waals surface area contributed by atoms with Gasteiger partial charge in [0.25, 0.3) is 10.0 Å². The third-order valence-electron chi connectivity index (χ3n) is 2.69. The lowest BCUT2D eigenvalue weighted by Gasteiger charge is -2.13. The lowest BCUT2D eigenvalue weighted by Crippen LogP contribution is -2.18. The molecule has 0 bridgehead atoms. The standard InChI is InChI=1S/C12H12F3N3O2S/c1-2-18-8-9(7-16-18)17-21(19,20)11-6-4-3-5-10(11)12(13,14)15/h3-8,17H,2H2,1H3. The quantitative estimate of drug-likeness (QED) is 0.942. The molecule has 9 heteroatoms. The number of nitrogens with one attached hydrogen (secondary N) is 1. The number of aryl methyl sites for hydroxylation is 1. The molecule has 2 aromatic rings. The predicted molar refractivity (Wildman–Crippen MR) is 70.2 cm³/mol. The Morgan fingerprint density at radius 3 is 2.52 bits per heavy atom. The van der Waals surface area contributed by atoms with Crippen molar-refractivity contribution in [2.24, 2.45) is 0 Å². The van der Waals surface area contributed by atoms with Crippen molar-refractivity contribution in [3.05, 3.63) is 42.2 Å². The number of halogens is 3. The first kappa shape index (κ1) is 15.4. The predicted octanol–water partition coefficient (Wildman–Crippen LogP) is 2.72. The molecule has 0 aliphatic rings. The molecule has 21 heavy (non-hydrogen) atoms. The third kappa shape index (κ3) is 3.35. The fraction of sp³-hybridized carbons (Fsp3) is 0.250. The molecule has 0 aliphatic carbocycles. The zero-order valence-corrected chi connectivity index (χ0v) is 11.7. The maximum Gasteiger partial charge on any atom is 0.417 e. The second-order valence-electron chi connectivity index (χ2n) is 4.18. The molecule has 1 heterocycles. The molecular formula is C12H12F3N3O2S. The van der Waals surface area contributed by atoms with Gasteiger partial charge >= 0.3 is 6.18 Å². The average molecular weight is 319 g/mol. The van der Waals surface area contributed by atoms with E-state index in [9.17, 15) is 21.6 Å². The highest BCUT2D eigenvalue weighted by atomic mass is 32.2. The maximum atomic E-state index is 12.9. The van der Waals surface area contributed by atoms with Crippen LogP contribution in [-0.2, 0) is 22.7 Å². The summed E-state index contributed by atoms with van der Waals surface area (Å²) in [6.07, 6.45) is -2.12. The van der Waals surface area contributed by atoms with Gasteiger partial charge in [-0.2, -0.15) is 18.3 Å². The van der Waals surface area contributed by atoms with Crippen LogP contribution >= 0.6 is 0 Å². The van der Waals surface area contributed by atoms with Crippen molar-refractivity contribution in [1.82, 2.24) is 9.78 Å². The largest absolute Gasteiger partial charge is 0.417 e. The molecule has 114 valence electrons. The van der Waals surface area contributed by atoms with E-state index < -0.39 is 26.7 Å². The van der Waals surface area contributed by atoms with E-state index in [0.29, 0.717) is 6.54 Å². The Labute approximate surface area is 119 Å². The van der Waals surface area contributed by atoms with Crippen molar-refractivity contribution in [2.45, 2.75) is 24.5 Å². The number of aromatic nitrogens is 2. The molecule has 5 nitrogen and oxygen atoms in total. The Morgan fingerprint density at radius 2 is 1.95 bits per heavy atom. The van der Waals surface area contributed by atoms with E-state index in [1.165, 1.54) is 23.1 Å². The van der Waals surface area contributed by atoms with Crippen molar-refractivity contribution in [1.29, 1.82) is 0 Å². The number of hydrogen-bond donors (Lipinski definition) is 1. The fourth-order valence-electron chi connectivity index (χ4n) is 1.73. The van der Waals surface area contributed by atoms with Gasteiger partial charge in [0.15, 0.2) is 0 Å². The Balaban J connectivity index is 2.40. The topological polar surface area (TPSA) is 64.0 Å². The van der Waals surface area contributed by atoms with Crippen LogP contribution in [0.5, 0.6) is 0 Å². The minimum atomic E-state index is -4.75. The summed E-state index contributed by atoms with van der Waals surface area (Å²) >= 11 is 0. The third-order valence-corrected chi connectivity index (χ3v) is 4.13. The Kier molecular flexibility index (Phi) is 3.95. The van der Waals surface area contributed by atoms with Gasteiger partial charge in [-0.1, -0.05) is 12.1 Å². The van der Waals surface area contributed by atoms with Crippen LogP contribution in [0, 0.1) is 0 Å². The summed E-state index contributed by atoms with van der Waals surface area (Å²) in [6.45, 7) is 2.31. The van der Waals surface area contributed by atoms with E-state index in [2.05, 4.69) is 9.82 Å². The van der Waals surface area contributed by atoms with Crippen molar-refractivity contribution in [3.63, 3.8) is 0 Å². The highest BCUT2D eigenvalue weighted by Crippen LogP contribution is 2.34. The summed E-state index contributed by atoms with van der Waals surface area (Å²) in [7, 11) is -4.35. The van der Waals surface area contributed by atoms with Crippen molar-refractivity contribution < 1.29 is 21.6 Å². The molecule has 0 saturated carbocycles. The number of alkyl halides is 3. The summed E-state index contributed by atoms with van der Waals surface area (Å²) < 4.78 is 66.4. The lowest BCUT2D eigenvalue weighted by atomic mass is 10.2. The zero-order valence-electron chi connectivity index (χ0n) is 10.9. The van der Waals surface area contributed by atoms with E-state index >= 15 is 0 Å². The number of hydrogen-bond acceptors (Lipinski definition) is 3. The Hall–Kier alpha value is -2.03. The molecular weight excluding hydrogens is 307 g/mol. The molecule has 0 aliphatic heterocycles. The molecule has 1 aromatic heterocycles. The van der Waals surface area contributed by atoms with Gasteiger partial charge in [0.1, 0.15) is 0 Å². The van der Waals surface area contributed by atoms with Gasteiger partial charge in [-0.15, -0.1) is 0 Å². The first-order valence-corrected chi connectivity index (χ1v) is 7.44. The monoisotopic (exact) mass is 319 g/mol. The number of rotatable bonds is 4. The average Bonchev–Trinajstić information content (AvgIpc) is 2.85. The van der Waals surface area contributed by atoms with E-state index in [1.807, 2.05) is 0 Å². The number of sulfonamides is 1. The number of benzene rings is 1. The van der Waals surface area contributed by atoms with Crippen LogP contribution in [0.25, 0.3) is 0 Å². The molecule has 1 aromatic carbocycles. The first-order valence-electron chi connectivity index (χ1n) is 5.95. The first-order chi connectivity index (χ1) is 9.74. The molecule has 0 unspecified atom stereocenters. The number of nitrogens with zero attached hydrogens (tertiary/aromatic N) is 2. The molecule has 1 N–H and O–H groups in total. The van der Waals surface area contributed by atoms with Crippen LogP contribution in [0.4, 0.5) is 18.9 Å². The Morgan fingerprint density at radius 1 is 1.29 bits per heavy atom. The van der Waals surface area contributed by atoms with Gasteiger partial charge in [0, 0.05) is 12.7 Å². The van der Waals surface area contributed by atoms with E-state index in [4.69, 9.17) is 0 Å². The van der Waals surface area contributed by atoms with Crippen LogP contribution in [0.3, 0.4) is 0 Å². The molecule has 0 saturated heterocycles. The molecule has 0 radical (unpaired) electrons. The van der Waals surface area contributed by atoms with Gasteiger partial charge in [-0.25, -0.2) is 8.42 Å². The van der Waals surface area contributed by atoms with E-state index in [1.54, 1.807) is 6.92 Å². The van der Waals surface area contributed by atoms with Crippen molar-refractivity contribution in [3.8, 4) is 0 Å². The number of anilines is 1. The van der Waals surface area contributed by atoms with Crippen LogP contribution in [0.15, 0.2) is 41.6 Å². The Bertz CT molecular complexity index is 738.